The fourth-order valence-corrected chi connectivity index (χ4v) is 10.4. The number of rotatable bonds is 20. The van der Waals surface area contributed by atoms with Crippen LogP contribution in [0, 0.1) is 0 Å². The second kappa shape index (κ2) is 23.7. The molecule has 8 aromatic carbocycles. The van der Waals surface area contributed by atoms with Crippen LogP contribution in [0.5, 0.6) is 46.0 Å². The molecule has 20 nitrogen and oxygen atoms in total. The second-order valence-corrected chi connectivity index (χ2v) is 21.0. The Morgan fingerprint density at radius 1 is 0.284 bits per heavy atom. The van der Waals surface area contributed by atoms with E-state index in [0.29, 0.717) is 161 Å². The lowest BCUT2D eigenvalue weighted by atomic mass is 10.1. The van der Waals surface area contributed by atoms with Crippen molar-refractivity contribution in [2.45, 2.75) is 51.4 Å². The molecule has 0 aliphatic carbocycles. The SMILES string of the molecule is O=C(O)CCc1ccc(Oc2ccc3c(c2)-c2nc-3nc3[nH]c(nc4nc(nc5[nH]c(n2)c2ccc(Oc6ccc(CCC(=O)O)cc6)cc52)-c2ccc(Oc5ccc(CCC(=O)O)cc5)cc2-4)c2ccc(Oc4ccc(CCC(=O)O)cc4)cc32)cc1. The molecule has 8 bridgehead atoms. The Balaban J connectivity index is 0.982. The van der Waals surface area contributed by atoms with Gasteiger partial charge in [0.25, 0.3) is 0 Å². The Morgan fingerprint density at radius 3 is 0.830 bits per heavy atom. The molecule has 11 aromatic rings. The minimum absolute atomic E-state index is 0.00229. The maximum absolute atomic E-state index is 11.3. The van der Waals surface area contributed by atoms with Gasteiger partial charge < -0.3 is 49.3 Å². The third-order valence-corrected chi connectivity index (χ3v) is 14.9. The lowest BCUT2D eigenvalue weighted by Crippen LogP contribution is -1.97. The molecule has 3 aromatic heterocycles. The molecule has 0 atom stereocenters. The number of carbonyl (C=O) groups is 4. The third kappa shape index (κ3) is 12.2. The number of hydrogen-bond acceptors (Lipinski definition) is 14. The van der Waals surface area contributed by atoms with Gasteiger partial charge in [-0.15, -0.1) is 0 Å². The van der Waals surface area contributed by atoms with Crippen LogP contribution in [-0.4, -0.2) is 84.2 Å². The van der Waals surface area contributed by atoms with Gasteiger partial charge in [-0.05, 0) is 169 Å². The van der Waals surface area contributed by atoms with Crippen molar-refractivity contribution in [3.05, 3.63) is 192 Å². The van der Waals surface area contributed by atoms with Gasteiger partial charge in [-0.25, -0.2) is 29.9 Å². The first-order chi connectivity index (χ1) is 42.7. The maximum atomic E-state index is 11.3. The summed E-state index contributed by atoms with van der Waals surface area (Å²) in [5, 5.41) is 39.6. The van der Waals surface area contributed by atoms with Crippen LogP contribution < -0.4 is 18.9 Å². The molecular weight excluding hydrogens is 1120 g/mol. The number of aryl methyl sites for hydroxylation is 4. The number of nitrogens with zero attached hydrogens (tertiary/aromatic N) is 6. The first kappa shape index (κ1) is 55.4. The molecule has 5 heterocycles. The van der Waals surface area contributed by atoms with Gasteiger partial charge in [0, 0.05) is 69.5 Å². The summed E-state index contributed by atoms with van der Waals surface area (Å²) in [5.41, 5.74) is 7.47. The average molecular weight is 1170 g/mol. The number of hydrogen-bond donors (Lipinski definition) is 6. The van der Waals surface area contributed by atoms with E-state index in [1.54, 1.807) is 48.5 Å². The molecule has 0 saturated heterocycles. The summed E-state index contributed by atoms with van der Waals surface area (Å²) in [7, 11) is 0. The summed E-state index contributed by atoms with van der Waals surface area (Å²) in [6, 6.07) is 51.1. The normalized spacial score (nSPS) is 11.5. The smallest absolute Gasteiger partial charge is 0.303 e. The molecule has 0 amide bonds. The van der Waals surface area contributed by atoms with Crippen LogP contribution in [0.25, 0.3) is 89.7 Å². The molecule has 0 saturated carbocycles. The first-order valence-electron chi connectivity index (χ1n) is 28.1. The van der Waals surface area contributed by atoms with Crippen molar-refractivity contribution in [3.8, 4) is 91.5 Å². The van der Waals surface area contributed by atoms with Gasteiger partial charge in [0.15, 0.2) is 23.3 Å². The molecule has 0 spiro atoms. The van der Waals surface area contributed by atoms with Crippen LogP contribution in [0.4, 0.5) is 0 Å². The van der Waals surface area contributed by atoms with E-state index >= 15 is 0 Å². The van der Waals surface area contributed by atoms with Crippen molar-refractivity contribution < 1.29 is 58.6 Å². The summed E-state index contributed by atoms with van der Waals surface area (Å²) in [6.07, 6.45) is 1.51. The molecule has 13 rings (SSSR count). The minimum atomic E-state index is -0.881. The zero-order valence-electron chi connectivity index (χ0n) is 46.6. The number of aromatic amines is 2. The van der Waals surface area contributed by atoms with Crippen LogP contribution in [0.2, 0.25) is 0 Å². The van der Waals surface area contributed by atoms with Gasteiger partial charge in [0.1, 0.15) is 68.6 Å². The van der Waals surface area contributed by atoms with Crippen molar-refractivity contribution in [1.82, 2.24) is 39.9 Å². The first-order valence-corrected chi connectivity index (χ1v) is 28.1. The number of ether oxygens (including phenoxy) is 4. The van der Waals surface area contributed by atoms with Crippen molar-refractivity contribution in [1.29, 1.82) is 0 Å². The largest absolute Gasteiger partial charge is 0.481 e. The number of fused-ring (bicyclic) bond motifs is 20. The highest BCUT2D eigenvalue weighted by atomic mass is 16.5. The number of carboxylic acids is 4. The Labute approximate surface area is 499 Å². The lowest BCUT2D eigenvalue weighted by Gasteiger charge is -2.08. The Kier molecular flexibility index (Phi) is 14.9. The van der Waals surface area contributed by atoms with Crippen molar-refractivity contribution >= 4 is 68.0 Å². The van der Waals surface area contributed by atoms with E-state index in [9.17, 15) is 39.6 Å². The van der Waals surface area contributed by atoms with Crippen molar-refractivity contribution in [2.75, 3.05) is 0 Å². The molecular formula is C68H50N8O12. The highest BCUT2D eigenvalue weighted by Crippen LogP contribution is 2.42. The zero-order chi connectivity index (χ0) is 60.4. The number of benzene rings is 8. The Morgan fingerprint density at radius 2 is 0.534 bits per heavy atom. The standard InChI is InChI=1S/C68H50N8O12/c77-57(78)29-9-37-1-13-41(14-2-37)85-45-21-25-49-53(33-45)65-69-61(49)74-66-55-35-47(87-43-17-5-39(6-18-43)11-31-59(81)82)23-27-51(55)63(71-66)76-68-56-36-48(88-44-19-7-40(8-20-44)12-32-60(83)84)24-28-52(56)64(72-68)75-67-54-34-46(22-26-50(54)62(70-67)73-65)86-42-15-3-38(4-16-42)10-30-58(79)80/h1-8,13-28,33-36H,9-12,29-32H2,(H,77,78)(H,79,80)(H,81,82)(H,83,84)(H2,69,70,71,72,73,74,75,76). The van der Waals surface area contributed by atoms with E-state index in [-0.39, 0.29) is 25.7 Å². The maximum Gasteiger partial charge on any atom is 0.303 e. The number of carboxylic acid groups (broad SMARTS) is 4. The van der Waals surface area contributed by atoms with Gasteiger partial charge in [-0.2, -0.15) is 0 Å². The molecule has 20 heteroatoms. The Hall–Kier alpha value is -11.8. The van der Waals surface area contributed by atoms with Gasteiger partial charge in [-0.3, -0.25) is 19.2 Å². The predicted octanol–water partition coefficient (Wildman–Crippen LogP) is 14.1. The van der Waals surface area contributed by atoms with Gasteiger partial charge in [-0.1, -0.05) is 48.5 Å². The van der Waals surface area contributed by atoms with E-state index in [2.05, 4.69) is 9.97 Å². The number of nitrogens with one attached hydrogen (secondary N) is 2. The number of aliphatic carboxylic acids is 4. The van der Waals surface area contributed by atoms with Crippen LogP contribution in [-0.2, 0) is 44.9 Å². The van der Waals surface area contributed by atoms with Crippen molar-refractivity contribution in [2.24, 2.45) is 0 Å². The molecule has 88 heavy (non-hydrogen) atoms. The molecule has 434 valence electrons. The van der Waals surface area contributed by atoms with Crippen LogP contribution in [0.3, 0.4) is 0 Å². The molecule has 0 unspecified atom stereocenters. The number of aromatic nitrogens is 8. The monoisotopic (exact) mass is 1170 g/mol. The van der Waals surface area contributed by atoms with Gasteiger partial charge >= 0.3 is 23.9 Å². The molecule has 2 aliphatic rings. The highest BCUT2D eigenvalue weighted by molar-refractivity contribution is 6.07. The quantitative estimate of drug-likeness (QED) is 0.0413. The molecule has 2 aliphatic heterocycles. The summed E-state index contributed by atoms with van der Waals surface area (Å²) in [5.74, 6) is 1.74. The topological polar surface area (TPSA) is 295 Å². The van der Waals surface area contributed by atoms with E-state index in [1.165, 1.54) is 0 Å². The lowest BCUT2D eigenvalue weighted by molar-refractivity contribution is -0.138. The molecule has 0 radical (unpaired) electrons. The van der Waals surface area contributed by atoms with Crippen LogP contribution in [0.1, 0.15) is 47.9 Å². The molecule has 0 fully saturated rings. The summed E-state index contributed by atoms with van der Waals surface area (Å²) in [4.78, 5) is 83.3. The fraction of sp³-hybridized carbons (Fsp3) is 0.118. The molecule has 6 N–H and O–H groups in total. The average Bonchev–Trinajstić information content (AvgIpc) is 1.82. The highest BCUT2D eigenvalue weighted by Gasteiger charge is 2.25. The Bertz CT molecular complexity index is 4460. The van der Waals surface area contributed by atoms with Crippen LogP contribution in [0.15, 0.2) is 170 Å². The van der Waals surface area contributed by atoms with Gasteiger partial charge in [0.05, 0.1) is 0 Å². The van der Waals surface area contributed by atoms with E-state index in [1.807, 2.05) is 121 Å². The summed E-state index contributed by atoms with van der Waals surface area (Å²) >= 11 is 0. The van der Waals surface area contributed by atoms with E-state index < -0.39 is 23.9 Å². The second-order valence-electron chi connectivity index (χ2n) is 21.0. The van der Waals surface area contributed by atoms with Gasteiger partial charge in [0.2, 0.25) is 0 Å². The van der Waals surface area contributed by atoms with Crippen LogP contribution >= 0.6 is 0 Å². The zero-order valence-corrected chi connectivity index (χ0v) is 46.6. The third-order valence-electron chi connectivity index (χ3n) is 14.9. The predicted molar refractivity (Wildman–Crippen MR) is 326 cm³/mol. The fourth-order valence-electron chi connectivity index (χ4n) is 10.4. The van der Waals surface area contributed by atoms with Crippen molar-refractivity contribution in [3.63, 3.8) is 0 Å². The van der Waals surface area contributed by atoms with E-state index in [4.69, 9.17) is 48.9 Å². The summed E-state index contributed by atoms with van der Waals surface area (Å²) in [6.45, 7) is 0. The number of H-pyrrole nitrogens is 2. The summed E-state index contributed by atoms with van der Waals surface area (Å²) < 4.78 is 25.6. The van der Waals surface area contributed by atoms with E-state index in [0.717, 1.165) is 22.3 Å². The minimum Gasteiger partial charge on any atom is -0.481 e.